The number of hydrogen-bond donors (Lipinski definition) is 0. The van der Waals surface area contributed by atoms with Gasteiger partial charge in [0.1, 0.15) is 0 Å². The van der Waals surface area contributed by atoms with Gasteiger partial charge in [-0.15, -0.1) is 11.6 Å². The van der Waals surface area contributed by atoms with Crippen molar-refractivity contribution in [2.45, 2.75) is 31.6 Å². The summed E-state index contributed by atoms with van der Waals surface area (Å²) in [6.07, 6.45) is 3.40. The maximum absolute atomic E-state index is 5.86. The first-order chi connectivity index (χ1) is 6.18. The van der Waals surface area contributed by atoms with Crippen LogP contribution < -0.4 is 0 Å². The molecule has 0 aromatic heterocycles. The van der Waals surface area contributed by atoms with Gasteiger partial charge in [-0.3, -0.25) is 0 Å². The van der Waals surface area contributed by atoms with Crippen LogP contribution in [0.1, 0.15) is 25.3 Å². The average molecular weight is 262 g/mol. The number of rotatable bonds is 4. The normalized spacial score (nSPS) is 12.8. The predicted molar refractivity (Wildman–Crippen MR) is 62.4 cm³/mol. The van der Waals surface area contributed by atoms with E-state index in [1.54, 1.807) is 0 Å². The second-order valence-corrected chi connectivity index (χ2v) is 4.96. The van der Waals surface area contributed by atoms with Gasteiger partial charge in [0.25, 0.3) is 0 Å². The highest BCUT2D eigenvalue weighted by molar-refractivity contribution is 9.10. The fourth-order valence-corrected chi connectivity index (χ4v) is 1.66. The Balaban J connectivity index is 2.33. The molecule has 1 atom stereocenters. The highest BCUT2D eigenvalue weighted by Crippen LogP contribution is 2.13. The topological polar surface area (TPSA) is 0 Å². The zero-order valence-electron chi connectivity index (χ0n) is 7.76. The Bertz CT molecular complexity index is 241. The molecule has 1 aromatic rings. The molecule has 0 saturated heterocycles. The van der Waals surface area contributed by atoms with E-state index in [-0.39, 0.29) is 0 Å². The van der Waals surface area contributed by atoms with Gasteiger partial charge in [0.15, 0.2) is 0 Å². The van der Waals surface area contributed by atoms with Gasteiger partial charge in [-0.25, -0.2) is 0 Å². The lowest BCUT2D eigenvalue weighted by molar-refractivity contribution is 0.723. The molecule has 0 aliphatic rings. The monoisotopic (exact) mass is 260 g/mol. The van der Waals surface area contributed by atoms with Gasteiger partial charge in [0.05, 0.1) is 0 Å². The Labute approximate surface area is 93.4 Å². The van der Waals surface area contributed by atoms with Crippen molar-refractivity contribution >= 4 is 27.5 Å². The fraction of sp³-hybridized carbons (Fsp3) is 0.455. The van der Waals surface area contributed by atoms with E-state index in [1.807, 2.05) is 6.92 Å². The smallest absolute Gasteiger partial charge is 0.0308 e. The van der Waals surface area contributed by atoms with Crippen LogP contribution in [0.4, 0.5) is 0 Å². The number of alkyl halides is 1. The molecule has 0 heterocycles. The van der Waals surface area contributed by atoms with E-state index in [0.29, 0.717) is 5.38 Å². The quantitative estimate of drug-likeness (QED) is 0.705. The summed E-state index contributed by atoms with van der Waals surface area (Å²) >= 11 is 9.28. The Kier molecular flexibility index (Phi) is 4.82. The lowest BCUT2D eigenvalue weighted by atomic mass is 10.1. The largest absolute Gasteiger partial charge is 0.123 e. The zero-order chi connectivity index (χ0) is 9.68. The van der Waals surface area contributed by atoms with Crippen molar-refractivity contribution in [3.63, 3.8) is 0 Å². The maximum atomic E-state index is 5.86. The van der Waals surface area contributed by atoms with E-state index in [0.717, 1.165) is 17.3 Å². The van der Waals surface area contributed by atoms with Crippen LogP contribution in [-0.4, -0.2) is 5.38 Å². The standard InChI is InChI=1S/C11H14BrCl/c1-9(13)3-2-4-10-5-7-11(12)8-6-10/h5-9H,2-4H2,1H3. The van der Waals surface area contributed by atoms with Crippen LogP contribution in [0.3, 0.4) is 0 Å². The van der Waals surface area contributed by atoms with E-state index in [1.165, 1.54) is 12.0 Å². The van der Waals surface area contributed by atoms with Crippen LogP contribution in [0.15, 0.2) is 28.7 Å². The van der Waals surface area contributed by atoms with Crippen molar-refractivity contribution in [1.82, 2.24) is 0 Å². The predicted octanol–water partition coefficient (Wildman–Crippen LogP) is 4.40. The summed E-state index contributed by atoms with van der Waals surface area (Å²) in [6.45, 7) is 2.04. The third-order valence-corrected chi connectivity index (χ3v) is 2.73. The highest BCUT2D eigenvalue weighted by Gasteiger charge is 1.97. The summed E-state index contributed by atoms with van der Waals surface area (Å²) in [5.41, 5.74) is 1.39. The van der Waals surface area contributed by atoms with E-state index in [9.17, 15) is 0 Å². The molecule has 1 rings (SSSR count). The molecule has 0 aliphatic carbocycles. The molecule has 0 N–H and O–H groups in total. The van der Waals surface area contributed by atoms with Gasteiger partial charge in [0, 0.05) is 9.85 Å². The third-order valence-electron chi connectivity index (χ3n) is 1.98. The lowest BCUT2D eigenvalue weighted by Crippen LogP contribution is -1.92. The first-order valence-corrected chi connectivity index (χ1v) is 5.80. The number of aryl methyl sites for hydroxylation is 1. The van der Waals surface area contributed by atoms with Crippen molar-refractivity contribution < 1.29 is 0 Å². The molecule has 0 nitrogen and oxygen atoms in total. The summed E-state index contributed by atoms with van der Waals surface area (Å²) in [6, 6.07) is 8.48. The number of benzene rings is 1. The van der Waals surface area contributed by atoms with E-state index in [2.05, 4.69) is 40.2 Å². The number of hydrogen-bond acceptors (Lipinski definition) is 0. The van der Waals surface area contributed by atoms with Crippen molar-refractivity contribution in [2.24, 2.45) is 0 Å². The molecule has 2 heteroatoms. The second-order valence-electron chi connectivity index (χ2n) is 3.30. The van der Waals surface area contributed by atoms with E-state index >= 15 is 0 Å². The molecular weight excluding hydrogens is 247 g/mol. The molecule has 0 bridgehead atoms. The van der Waals surface area contributed by atoms with Crippen LogP contribution in [0.25, 0.3) is 0 Å². The summed E-state index contributed by atoms with van der Waals surface area (Å²) in [5, 5.41) is 0.301. The first-order valence-electron chi connectivity index (χ1n) is 4.57. The summed E-state index contributed by atoms with van der Waals surface area (Å²) in [7, 11) is 0. The summed E-state index contributed by atoms with van der Waals surface area (Å²) in [5.74, 6) is 0. The van der Waals surface area contributed by atoms with Gasteiger partial charge in [-0.05, 0) is 43.9 Å². The molecule has 0 aliphatic heterocycles. The van der Waals surface area contributed by atoms with Crippen LogP contribution in [0.2, 0.25) is 0 Å². The Morgan fingerprint density at radius 2 is 1.92 bits per heavy atom. The van der Waals surface area contributed by atoms with Gasteiger partial charge in [-0.1, -0.05) is 28.1 Å². The number of halogens is 2. The highest BCUT2D eigenvalue weighted by atomic mass is 79.9. The molecule has 72 valence electrons. The Hall–Kier alpha value is -0.0100. The van der Waals surface area contributed by atoms with Crippen LogP contribution in [-0.2, 0) is 6.42 Å². The van der Waals surface area contributed by atoms with Crippen LogP contribution in [0.5, 0.6) is 0 Å². The minimum Gasteiger partial charge on any atom is -0.123 e. The minimum atomic E-state index is 0.301. The van der Waals surface area contributed by atoms with E-state index in [4.69, 9.17) is 11.6 Å². The van der Waals surface area contributed by atoms with E-state index < -0.39 is 0 Å². The first kappa shape index (κ1) is 11.1. The van der Waals surface area contributed by atoms with Gasteiger partial charge in [0.2, 0.25) is 0 Å². The summed E-state index contributed by atoms with van der Waals surface area (Å²) < 4.78 is 1.14. The molecule has 0 amide bonds. The molecule has 1 aromatic carbocycles. The molecular formula is C11H14BrCl. The maximum Gasteiger partial charge on any atom is 0.0308 e. The van der Waals surface area contributed by atoms with Gasteiger partial charge in [-0.2, -0.15) is 0 Å². The molecule has 0 spiro atoms. The molecule has 0 fully saturated rings. The van der Waals surface area contributed by atoms with Crippen molar-refractivity contribution in [2.75, 3.05) is 0 Å². The SMILES string of the molecule is CC(Cl)CCCc1ccc(Br)cc1. The van der Waals surface area contributed by atoms with Crippen LogP contribution in [0, 0.1) is 0 Å². The average Bonchev–Trinajstić information content (AvgIpc) is 2.08. The molecule has 0 radical (unpaired) electrons. The Morgan fingerprint density at radius 1 is 1.31 bits per heavy atom. The van der Waals surface area contributed by atoms with Crippen LogP contribution >= 0.6 is 27.5 Å². The fourth-order valence-electron chi connectivity index (χ4n) is 1.24. The van der Waals surface area contributed by atoms with Gasteiger partial charge >= 0.3 is 0 Å². The van der Waals surface area contributed by atoms with Gasteiger partial charge < -0.3 is 0 Å². The minimum absolute atomic E-state index is 0.301. The summed E-state index contributed by atoms with van der Waals surface area (Å²) in [4.78, 5) is 0. The third kappa shape index (κ3) is 4.68. The molecule has 13 heavy (non-hydrogen) atoms. The molecule has 1 unspecified atom stereocenters. The second kappa shape index (κ2) is 5.66. The van der Waals surface area contributed by atoms with Crippen molar-refractivity contribution in [3.8, 4) is 0 Å². The molecule has 0 saturated carbocycles. The lowest BCUT2D eigenvalue weighted by Gasteiger charge is -2.03. The zero-order valence-corrected chi connectivity index (χ0v) is 10.1. The van der Waals surface area contributed by atoms with Crippen molar-refractivity contribution in [3.05, 3.63) is 34.3 Å². The van der Waals surface area contributed by atoms with Crippen molar-refractivity contribution in [1.29, 1.82) is 0 Å². The Morgan fingerprint density at radius 3 is 2.46 bits per heavy atom.